The summed E-state index contributed by atoms with van der Waals surface area (Å²) >= 11 is 0. The van der Waals surface area contributed by atoms with Gasteiger partial charge >= 0.3 is 5.97 Å². The summed E-state index contributed by atoms with van der Waals surface area (Å²) in [4.78, 5) is 22.4. The lowest BCUT2D eigenvalue weighted by Gasteiger charge is -2.15. The molecule has 0 unspecified atom stereocenters. The molecule has 1 aromatic carbocycles. The van der Waals surface area contributed by atoms with Crippen LogP contribution in [0.25, 0.3) is 6.08 Å². The van der Waals surface area contributed by atoms with E-state index in [-0.39, 0.29) is 5.78 Å². The fourth-order valence-electron chi connectivity index (χ4n) is 1.84. The molecule has 1 aliphatic rings. The lowest BCUT2D eigenvalue weighted by atomic mass is 9.97. The number of carbonyl (C=O) groups is 2. The fraction of sp³-hybridized carbons (Fsp3) is 0.200. The monoisotopic (exact) mass is 242 g/mol. The number of ether oxygens (including phenoxy) is 1. The first-order valence-electron chi connectivity index (χ1n) is 5.84. The first kappa shape index (κ1) is 12.3. The summed E-state index contributed by atoms with van der Waals surface area (Å²) in [6.45, 7) is 1.33. The molecule has 0 bridgehead atoms. The van der Waals surface area contributed by atoms with Gasteiger partial charge in [-0.25, -0.2) is 0 Å². The van der Waals surface area contributed by atoms with E-state index in [1.54, 1.807) is 0 Å². The normalized spacial score (nSPS) is 17.5. The van der Waals surface area contributed by atoms with Crippen molar-refractivity contribution in [2.45, 2.75) is 19.8 Å². The average molecular weight is 242 g/mol. The summed E-state index contributed by atoms with van der Waals surface area (Å²) in [5.41, 5.74) is 1.91. The van der Waals surface area contributed by atoms with E-state index in [1.165, 1.54) is 13.0 Å². The Morgan fingerprint density at radius 2 is 1.94 bits per heavy atom. The van der Waals surface area contributed by atoms with Crippen molar-refractivity contribution in [2.24, 2.45) is 0 Å². The van der Waals surface area contributed by atoms with Gasteiger partial charge < -0.3 is 4.74 Å². The second kappa shape index (κ2) is 5.45. The summed E-state index contributed by atoms with van der Waals surface area (Å²) < 4.78 is 5.08. The van der Waals surface area contributed by atoms with Crippen LogP contribution >= 0.6 is 0 Å². The Morgan fingerprint density at radius 1 is 1.22 bits per heavy atom. The van der Waals surface area contributed by atoms with E-state index in [0.717, 1.165) is 11.1 Å². The maximum atomic E-state index is 11.4. The highest BCUT2D eigenvalue weighted by Crippen LogP contribution is 2.25. The molecule has 92 valence electrons. The highest BCUT2D eigenvalue weighted by molar-refractivity contribution is 5.93. The third-order valence-electron chi connectivity index (χ3n) is 2.64. The average Bonchev–Trinajstić information content (AvgIpc) is 2.33. The zero-order chi connectivity index (χ0) is 13.0. The molecule has 1 aliphatic carbocycles. The molecule has 0 spiro atoms. The Labute approximate surface area is 106 Å². The van der Waals surface area contributed by atoms with E-state index < -0.39 is 5.97 Å². The van der Waals surface area contributed by atoms with Crippen molar-refractivity contribution in [3.05, 3.63) is 53.3 Å². The number of hydrogen-bond donors (Lipinski definition) is 0. The third-order valence-corrected chi connectivity index (χ3v) is 2.64. The van der Waals surface area contributed by atoms with Crippen LogP contribution in [0.5, 0.6) is 0 Å². The van der Waals surface area contributed by atoms with E-state index in [0.29, 0.717) is 18.6 Å². The van der Waals surface area contributed by atoms with Gasteiger partial charge in [-0.3, -0.25) is 9.59 Å². The van der Waals surface area contributed by atoms with E-state index in [1.807, 2.05) is 36.4 Å². The van der Waals surface area contributed by atoms with Gasteiger partial charge in [0.1, 0.15) is 5.76 Å². The van der Waals surface area contributed by atoms with Gasteiger partial charge in [0, 0.05) is 19.4 Å². The van der Waals surface area contributed by atoms with Gasteiger partial charge in [0.05, 0.1) is 0 Å². The standard InChI is InChI=1S/C15H14O3/c1-11(16)18-15-10-14(17)8-7-13(15)9-12-5-3-2-4-6-12/h2-6,9-10H,7-8H2,1H3/b13-9-. The molecule has 0 saturated heterocycles. The first-order chi connectivity index (χ1) is 8.65. The van der Waals surface area contributed by atoms with E-state index in [2.05, 4.69) is 0 Å². The van der Waals surface area contributed by atoms with Crippen LogP contribution in [0.1, 0.15) is 25.3 Å². The predicted octanol–water partition coefficient (Wildman–Crippen LogP) is 2.88. The maximum Gasteiger partial charge on any atom is 0.308 e. The Bertz CT molecular complexity index is 524. The highest BCUT2D eigenvalue weighted by Gasteiger charge is 2.17. The number of rotatable bonds is 2. The molecule has 0 N–H and O–H groups in total. The minimum Gasteiger partial charge on any atom is -0.426 e. The SMILES string of the molecule is CC(=O)OC1=CC(=O)CC/C1=C/c1ccccc1. The molecule has 2 rings (SSSR count). The fourth-order valence-corrected chi connectivity index (χ4v) is 1.84. The molecule has 0 atom stereocenters. The molecule has 1 aromatic rings. The summed E-state index contributed by atoms with van der Waals surface area (Å²) in [7, 11) is 0. The molecule has 0 heterocycles. The minimum absolute atomic E-state index is 0.00328. The van der Waals surface area contributed by atoms with E-state index in [4.69, 9.17) is 4.74 Å². The zero-order valence-electron chi connectivity index (χ0n) is 10.2. The quantitative estimate of drug-likeness (QED) is 0.749. The van der Waals surface area contributed by atoms with Gasteiger partial charge in [-0.05, 0) is 23.6 Å². The lowest BCUT2D eigenvalue weighted by molar-refractivity contribution is -0.136. The molecule has 3 nitrogen and oxygen atoms in total. The maximum absolute atomic E-state index is 11.4. The van der Waals surface area contributed by atoms with Crippen LogP contribution in [0.4, 0.5) is 0 Å². The molecule has 0 aliphatic heterocycles. The number of allylic oxidation sites excluding steroid dienone is 2. The summed E-state index contributed by atoms with van der Waals surface area (Å²) in [6, 6.07) is 9.75. The van der Waals surface area contributed by atoms with E-state index >= 15 is 0 Å². The smallest absolute Gasteiger partial charge is 0.308 e. The molecule has 0 amide bonds. The van der Waals surface area contributed by atoms with Gasteiger partial charge in [0.2, 0.25) is 0 Å². The molecule has 3 heteroatoms. The number of carbonyl (C=O) groups excluding carboxylic acids is 2. The van der Waals surface area contributed by atoms with Crippen LogP contribution < -0.4 is 0 Å². The summed E-state index contributed by atoms with van der Waals surface area (Å²) in [5, 5.41) is 0. The van der Waals surface area contributed by atoms with Crippen molar-refractivity contribution in [1.82, 2.24) is 0 Å². The molecule has 0 saturated carbocycles. The second-order valence-electron chi connectivity index (χ2n) is 4.15. The Kier molecular flexibility index (Phi) is 3.72. The predicted molar refractivity (Wildman–Crippen MR) is 68.5 cm³/mol. The van der Waals surface area contributed by atoms with Gasteiger partial charge in [0.25, 0.3) is 0 Å². The van der Waals surface area contributed by atoms with Crippen molar-refractivity contribution < 1.29 is 14.3 Å². The van der Waals surface area contributed by atoms with Crippen LogP contribution in [0.2, 0.25) is 0 Å². The van der Waals surface area contributed by atoms with Crippen LogP contribution in [0.3, 0.4) is 0 Å². The molecule has 0 radical (unpaired) electrons. The largest absolute Gasteiger partial charge is 0.426 e. The number of ketones is 1. The van der Waals surface area contributed by atoms with Gasteiger partial charge in [-0.2, -0.15) is 0 Å². The second-order valence-corrected chi connectivity index (χ2v) is 4.15. The van der Waals surface area contributed by atoms with Crippen molar-refractivity contribution in [1.29, 1.82) is 0 Å². The molecule has 0 fully saturated rings. The van der Waals surface area contributed by atoms with Crippen LogP contribution in [-0.2, 0) is 14.3 Å². The van der Waals surface area contributed by atoms with Gasteiger partial charge in [-0.1, -0.05) is 30.3 Å². The van der Waals surface area contributed by atoms with Crippen LogP contribution in [0.15, 0.2) is 47.7 Å². The Balaban J connectivity index is 2.31. The summed E-state index contributed by atoms with van der Waals surface area (Å²) in [5.74, 6) is -0.0334. The van der Waals surface area contributed by atoms with Crippen molar-refractivity contribution in [3.63, 3.8) is 0 Å². The van der Waals surface area contributed by atoms with Gasteiger partial charge in [-0.15, -0.1) is 0 Å². The number of benzene rings is 1. The van der Waals surface area contributed by atoms with E-state index in [9.17, 15) is 9.59 Å². The third kappa shape index (κ3) is 3.17. The van der Waals surface area contributed by atoms with Gasteiger partial charge in [0.15, 0.2) is 5.78 Å². The topological polar surface area (TPSA) is 43.4 Å². The molecule has 0 aromatic heterocycles. The van der Waals surface area contributed by atoms with Crippen molar-refractivity contribution in [2.75, 3.05) is 0 Å². The molecular weight excluding hydrogens is 228 g/mol. The lowest BCUT2D eigenvalue weighted by Crippen LogP contribution is -2.10. The van der Waals surface area contributed by atoms with Crippen molar-refractivity contribution >= 4 is 17.8 Å². The molecular formula is C15H14O3. The number of hydrogen-bond acceptors (Lipinski definition) is 3. The van der Waals surface area contributed by atoms with Crippen molar-refractivity contribution in [3.8, 4) is 0 Å². The zero-order valence-corrected chi connectivity index (χ0v) is 10.2. The first-order valence-corrected chi connectivity index (χ1v) is 5.84. The molecule has 18 heavy (non-hydrogen) atoms. The van der Waals surface area contributed by atoms with Crippen LogP contribution in [-0.4, -0.2) is 11.8 Å². The minimum atomic E-state index is -0.407. The Morgan fingerprint density at radius 3 is 2.61 bits per heavy atom. The van der Waals surface area contributed by atoms with Crippen LogP contribution in [0, 0.1) is 0 Å². The number of esters is 1. The Hall–Kier alpha value is -2.16. The summed E-state index contributed by atoms with van der Waals surface area (Å²) in [6.07, 6.45) is 4.41. The highest BCUT2D eigenvalue weighted by atomic mass is 16.5.